The smallest absolute Gasteiger partial charge is 0.159 e. The van der Waals surface area contributed by atoms with Gasteiger partial charge in [0.1, 0.15) is 5.82 Å². The normalized spacial score (nSPS) is 10.9. The number of halogens is 2. The maximum Gasteiger partial charge on any atom is 0.159 e. The Bertz CT molecular complexity index is 553. The largest absolute Gasteiger partial charge is 0.236 e. The zero-order valence-electron chi connectivity index (χ0n) is 10.3. The van der Waals surface area contributed by atoms with Crippen LogP contribution >= 0.6 is 27.5 Å². The second-order valence-electron chi connectivity index (χ2n) is 3.83. The van der Waals surface area contributed by atoms with Crippen molar-refractivity contribution in [2.24, 2.45) is 0 Å². The summed E-state index contributed by atoms with van der Waals surface area (Å²) in [5.74, 6) is 2.90. The van der Waals surface area contributed by atoms with Gasteiger partial charge in [0.15, 0.2) is 11.6 Å². The van der Waals surface area contributed by atoms with Crippen LogP contribution in [0.4, 0.5) is 0 Å². The minimum atomic E-state index is 0.395. The standard InChI is InChI=1S/C12H14BrClN4/c1-3-10-16-11(4-2)18(17-10)12-8(6-14)5-9(13)7-15-12/h5,7H,3-4,6H2,1-2H3. The van der Waals surface area contributed by atoms with Gasteiger partial charge in [-0.2, -0.15) is 4.68 Å². The number of aromatic nitrogens is 4. The molecule has 2 heterocycles. The highest BCUT2D eigenvalue weighted by Crippen LogP contribution is 2.20. The topological polar surface area (TPSA) is 43.6 Å². The lowest BCUT2D eigenvalue weighted by Gasteiger charge is -2.08. The maximum absolute atomic E-state index is 5.97. The summed E-state index contributed by atoms with van der Waals surface area (Å²) < 4.78 is 2.71. The number of nitrogens with zero attached hydrogens (tertiary/aromatic N) is 4. The van der Waals surface area contributed by atoms with Gasteiger partial charge in [0.2, 0.25) is 0 Å². The zero-order valence-corrected chi connectivity index (χ0v) is 12.7. The Morgan fingerprint density at radius 1 is 1.33 bits per heavy atom. The van der Waals surface area contributed by atoms with Crippen LogP contribution in [0.5, 0.6) is 0 Å². The van der Waals surface area contributed by atoms with Crippen molar-refractivity contribution in [2.75, 3.05) is 0 Å². The van der Waals surface area contributed by atoms with Crippen molar-refractivity contribution in [3.05, 3.63) is 33.9 Å². The average molecular weight is 330 g/mol. The lowest BCUT2D eigenvalue weighted by molar-refractivity contribution is 0.762. The van der Waals surface area contributed by atoms with Gasteiger partial charge in [-0.1, -0.05) is 13.8 Å². The zero-order chi connectivity index (χ0) is 13.1. The third-order valence-corrected chi connectivity index (χ3v) is 3.33. The first kappa shape index (κ1) is 13.5. The number of hydrogen-bond acceptors (Lipinski definition) is 3. The Labute approximate surface area is 120 Å². The molecule has 18 heavy (non-hydrogen) atoms. The highest BCUT2D eigenvalue weighted by molar-refractivity contribution is 9.10. The number of rotatable bonds is 4. The molecular weight excluding hydrogens is 316 g/mol. The molecular formula is C12H14BrClN4. The molecule has 0 saturated heterocycles. The summed E-state index contributed by atoms with van der Waals surface area (Å²) in [7, 11) is 0. The molecule has 2 rings (SSSR count). The van der Waals surface area contributed by atoms with Crippen molar-refractivity contribution < 1.29 is 0 Å². The molecule has 4 nitrogen and oxygen atoms in total. The third kappa shape index (κ3) is 2.57. The van der Waals surface area contributed by atoms with E-state index in [0.717, 1.165) is 40.3 Å². The Hall–Kier alpha value is -0.940. The molecule has 0 N–H and O–H groups in total. The maximum atomic E-state index is 5.97. The van der Waals surface area contributed by atoms with E-state index < -0.39 is 0 Å². The monoisotopic (exact) mass is 328 g/mol. The van der Waals surface area contributed by atoms with Gasteiger partial charge in [-0.15, -0.1) is 16.7 Å². The van der Waals surface area contributed by atoms with E-state index in [0.29, 0.717) is 5.88 Å². The van der Waals surface area contributed by atoms with Gasteiger partial charge in [-0.05, 0) is 22.0 Å². The van der Waals surface area contributed by atoms with Crippen molar-refractivity contribution >= 4 is 27.5 Å². The first-order valence-electron chi connectivity index (χ1n) is 5.85. The molecule has 0 atom stereocenters. The van der Waals surface area contributed by atoms with Crippen molar-refractivity contribution in [1.82, 2.24) is 19.7 Å². The van der Waals surface area contributed by atoms with E-state index >= 15 is 0 Å². The number of hydrogen-bond donors (Lipinski definition) is 0. The molecule has 2 aromatic heterocycles. The Balaban J connectivity index is 2.56. The van der Waals surface area contributed by atoms with Crippen LogP contribution in [-0.2, 0) is 18.7 Å². The molecule has 0 bridgehead atoms. The second-order valence-corrected chi connectivity index (χ2v) is 5.02. The van der Waals surface area contributed by atoms with E-state index in [2.05, 4.69) is 37.9 Å². The van der Waals surface area contributed by atoms with E-state index in [1.807, 2.05) is 13.0 Å². The van der Waals surface area contributed by atoms with Crippen molar-refractivity contribution in [2.45, 2.75) is 32.6 Å². The highest BCUT2D eigenvalue weighted by atomic mass is 79.9. The summed E-state index contributed by atoms with van der Waals surface area (Å²) in [6, 6.07) is 1.96. The molecule has 0 unspecified atom stereocenters. The summed E-state index contributed by atoms with van der Waals surface area (Å²) in [5.41, 5.74) is 0.938. The predicted molar refractivity (Wildman–Crippen MR) is 75.2 cm³/mol. The number of aryl methyl sites for hydroxylation is 2. The lowest BCUT2D eigenvalue weighted by Crippen LogP contribution is -2.07. The molecule has 2 aromatic rings. The predicted octanol–water partition coefficient (Wildman–Crippen LogP) is 3.29. The quantitative estimate of drug-likeness (QED) is 0.809. The van der Waals surface area contributed by atoms with Crippen LogP contribution in [0.25, 0.3) is 5.82 Å². The van der Waals surface area contributed by atoms with Crippen LogP contribution in [0.1, 0.15) is 31.1 Å². The molecule has 0 amide bonds. The minimum Gasteiger partial charge on any atom is -0.236 e. The van der Waals surface area contributed by atoms with Gasteiger partial charge < -0.3 is 0 Å². The fourth-order valence-electron chi connectivity index (χ4n) is 1.70. The van der Waals surface area contributed by atoms with Gasteiger partial charge in [-0.3, -0.25) is 0 Å². The van der Waals surface area contributed by atoms with Crippen LogP contribution in [0.15, 0.2) is 16.7 Å². The van der Waals surface area contributed by atoms with Gasteiger partial charge in [0.05, 0.1) is 5.88 Å². The summed E-state index contributed by atoms with van der Waals surface area (Å²) in [4.78, 5) is 8.88. The molecule has 0 spiro atoms. The first-order valence-corrected chi connectivity index (χ1v) is 7.17. The molecule has 0 fully saturated rings. The minimum absolute atomic E-state index is 0.395. The van der Waals surface area contributed by atoms with Gasteiger partial charge in [-0.25, -0.2) is 9.97 Å². The fraction of sp³-hybridized carbons (Fsp3) is 0.417. The van der Waals surface area contributed by atoms with Gasteiger partial charge in [0.25, 0.3) is 0 Å². The van der Waals surface area contributed by atoms with E-state index in [9.17, 15) is 0 Å². The molecule has 0 saturated carbocycles. The fourth-order valence-corrected chi connectivity index (χ4v) is 2.28. The lowest BCUT2D eigenvalue weighted by atomic mass is 10.3. The summed E-state index contributed by atoms with van der Waals surface area (Å²) >= 11 is 9.37. The SMILES string of the molecule is CCc1nc(CC)n(-c2ncc(Br)cc2CCl)n1. The van der Waals surface area contributed by atoms with Crippen LogP contribution in [0, 0.1) is 0 Å². The second kappa shape index (κ2) is 5.80. The summed E-state index contributed by atoms with van der Waals surface area (Å²) in [6.07, 6.45) is 3.37. The summed E-state index contributed by atoms with van der Waals surface area (Å²) in [5, 5.41) is 4.48. The van der Waals surface area contributed by atoms with E-state index in [-0.39, 0.29) is 0 Å². The van der Waals surface area contributed by atoms with Crippen molar-refractivity contribution in [3.63, 3.8) is 0 Å². The number of pyridine rings is 1. The van der Waals surface area contributed by atoms with Crippen molar-refractivity contribution in [1.29, 1.82) is 0 Å². The highest BCUT2D eigenvalue weighted by Gasteiger charge is 2.13. The van der Waals surface area contributed by atoms with Crippen LogP contribution in [0.2, 0.25) is 0 Å². The molecule has 0 aromatic carbocycles. The molecule has 0 aliphatic heterocycles. The first-order chi connectivity index (χ1) is 8.69. The molecule has 0 radical (unpaired) electrons. The molecule has 96 valence electrons. The van der Waals surface area contributed by atoms with Crippen LogP contribution in [0.3, 0.4) is 0 Å². The number of alkyl halides is 1. The van der Waals surface area contributed by atoms with Gasteiger partial charge >= 0.3 is 0 Å². The molecule has 0 aliphatic rings. The third-order valence-electron chi connectivity index (χ3n) is 2.60. The van der Waals surface area contributed by atoms with E-state index in [1.54, 1.807) is 10.9 Å². The average Bonchev–Trinajstić information content (AvgIpc) is 2.81. The Morgan fingerprint density at radius 3 is 2.72 bits per heavy atom. The summed E-state index contributed by atoms with van der Waals surface area (Å²) in [6.45, 7) is 4.09. The van der Waals surface area contributed by atoms with Crippen LogP contribution in [-0.4, -0.2) is 19.7 Å². The Morgan fingerprint density at radius 2 is 2.11 bits per heavy atom. The molecule has 6 heteroatoms. The van der Waals surface area contributed by atoms with Crippen LogP contribution < -0.4 is 0 Å². The Kier molecular flexibility index (Phi) is 4.35. The van der Waals surface area contributed by atoms with Crippen molar-refractivity contribution in [3.8, 4) is 5.82 Å². The van der Waals surface area contributed by atoms with E-state index in [4.69, 9.17) is 11.6 Å². The molecule has 0 aliphatic carbocycles. The van der Waals surface area contributed by atoms with Gasteiger partial charge in [0, 0.05) is 29.1 Å². The van der Waals surface area contributed by atoms with E-state index in [1.165, 1.54) is 0 Å².